The number of benzene rings is 1. The van der Waals surface area contributed by atoms with Crippen molar-refractivity contribution in [3.63, 3.8) is 0 Å². The van der Waals surface area contributed by atoms with Crippen LogP contribution in [0.2, 0.25) is 5.02 Å². The number of carbonyl (C=O) groups excluding carboxylic acids is 2. The Morgan fingerprint density at radius 1 is 1.33 bits per heavy atom. The molecular formula is C17H20ClN3O3. The molecular weight excluding hydrogens is 330 g/mol. The molecule has 1 N–H and O–H groups in total. The molecule has 6 nitrogen and oxygen atoms in total. The van der Waals surface area contributed by atoms with Crippen LogP contribution < -0.4 is 10.1 Å². The SMILES string of the molecule is COc1ccc(Cl)cc1NC(=O)CCn1nc(C)c(C(C)=O)c1C. The number of nitrogens with one attached hydrogen (secondary N) is 1. The molecule has 0 spiro atoms. The van der Waals surface area contributed by atoms with Gasteiger partial charge in [-0.15, -0.1) is 0 Å². The van der Waals surface area contributed by atoms with Gasteiger partial charge in [-0.1, -0.05) is 11.6 Å². The summed E-state index contributed by atoms with van der Waals surface area (Å²) < 4.78 is 6.88. The quantitative estimate of drug-likeness (QED) is 0.811. The standard InChI is InChI=1S/C17H20ClN3O3/c1-10-17(12(3)22)11(2)21(20-10)8-7-16(23)19-14-9-13(18)5-6-15(14)24-4/h5-6,9H,7-8H2,1-4H3,(H,19,23). The maximum absolute atomic E-state index is 12.2. The van der Waals surface area contributed by atoms with Gasteiger partial charge in [0.25, 0.3) is 0 Å². The smallest absolute Gasteiger partial charge is 0.226 e. The Balaban J connectivity index is 2.06. The van der Waals surface area contributed by atoms with Crippen molar-refractivity contribution >= 4 is 29.0 Å². The van der Waals surface area contributed by atoms with Gasteiger partial charge in [0, 0.05) is 23.7 Å². The largest absolute Gasteiger partial charge is 0.495 e. The first-order valence-corrected chi connectivity index (χ1v) is 7.89. The Bertz CT molecular complexity index is 784. The van der Waals surface area contributed by atoms with Crippen LogP contribution >= 0.6 is 11.6 Å². The van der Waals surface area contributed by atoms with E-state index in [-0.39, 0.29) is 18.1 Å². The molecule has 0 aliphatic rings. The minimum absolute atomic E-state index is 0.0237. The second-order valence-electron chi connectivity index (χ2n) is 5.47. The molecule has 1 aromatic carbocycles. The second kappa shape index (κ2) is 7.49. The summed E-state index contributed by atoms with van der Waals surface area (Å²) in [5.41, 5.74) is 2.59. The number of halogens is 1. The molecule has 1 amide bonds. The first-order chi connectivity index (χ1) is 11.3. The van der Waals surface area contributed by atoms with Crippen molar-refractivity contribution in [2.75, 3.05) is 12.4 Å². The molecule has 0 radical (unpaired) electrons. The maximum Gasteiger partial charge on any atom is 0.226 e. The summed E-state index contributed by atoms with van der Waals surface area (Å²) in [5, 5.41) is 7.62. The van der Waals surface area contributed by atoms with Gasteiger partial charge in [-0.2, -0.15) is 5.10 Å². The second-order valence-corrected chi connectivity index (χ2v) is 5.90. The lowest BCUT2D eigenvalue weighted by molar-refractivity contribution is -0.116. The zero-order chi connectivity index (χ0) is 17.9. The number of hydrogen-bond acceptors (Lipinski definition) is 4. The van der Waals surface area contributed by atoms with E-state index in [0.29, 0.717) is 34.3 Å². The predicted molar refractivity (Wildman–Crippen MR) is 93.0 cm³/mol. The molecule has 24 heavy (non-hydrogen) atoms. The highest BCUT2D eigenvalue weighted by molar-refractivity contribution is 6.31. The summed E-state index contributed by atoms with van der Waals surface area (Å²) in [5.74, 6) is 0.328. The number of ketones is 1. The maximum atomic E-state index is 12.2. The molecule has 7 heteroatoms. The number of aromatic nitrogens is 2. The van der Waals surface area contributed by atoms with E-state index in [0.717, 1.165) is 5.69 Å². The first kappa shape index (κ1) is 18.0. The molecule has 1 aromatic heterocycles. The molecule has 0 unspecified atom stereocenters. The van der Waals surface area contributed by atoms with E-state index in [1.165, 1.54) is 14.0 Å². The van der Waals surface area contributed by atoms with Crippen molar-refractivity contribution in [2.24, 2.45) is 0 Å². The number of rotatable bonds is 6. The van der Waals surface area contributed by atoms with Gasteiger partial charge in [-0.25, -0.2) is 0 Å². The number of hydrogen-bond donors (Lipinski definition) is 1. The average Bonchev–Trinajstić information content (AvgIpc) is 2.79. The van der Waals surface area contributed by atoms with Crippen molar-refractivity contribution in [1.29, 1.82) is 0 Å². The van der Waals surface area contributed by atoms with E-state index in [1.807, 2.05) is 6.92 Å². The third kappa shape index (κ3) is 3.94. The minimum Gasteiger partial charge on any atom is -0.495 e. The molecule has 0 saturated carbocycles. The van der Waals surface area contributed by atoms with Crippen LogP contribution in [0.4, 0.5) is 5.69 Å². The normalized spacial score (nSPS) is 10.5. The molecule has 0 aliphatic heterocycles. The van der Waals surface area contributed by atoms with E-state index < -0.39 is 0 Å². The number of ether oxygens (including phenoxy) is 1. The monoisotopic (exact) mass is 349 g/mol. The Morgan fingerprint density at radius 2 is 2.04 bits per heavy atom. The summed E-state index contributed by atoms with van der Waals surface area (Å²) >= 11 is 5.95. The molecule has 0 atom stereocenters. The van der Waals surface area contributed by atoms with Gasteiger partial charge in [-0.05, 0) is 39.0 Å². The molecule has 128 valence electrons. The summed E-state index contributed by atoms with van der Waals surface area (Å²) in [6.07, 6.45) is 0.217. The van der Waals surface area contributed by atoms with Crippen LogP contribution in [0.25, 0.3) is 0 Å². The van der Waals surface area contributed by atoms with E-state index in [9.17, 15) is 9.59 Å². The number of anilines is 1. The van der Waals surface area contributed by atoms with Gasteiger partial charge >= 0.3 is 0 Å². The number of carbonyl (C=O) groups is 2. The van der Waals surface area contributed by atoms with Crippen molar-refractivity contribution in [2.45, 2.75) is 33.7 Å². The first-order valence-electron chi connectivity index (χ1n) is 7.51. The summed E-state index contributed by atoms with van der Waals surface area (Å²) in [4.78, 5) is 23.8. The molecule has 1 heterocycles. The third-order valence-corrected chi connectivity index (χ3v) is 3.95. The van der Waals surface area contributed by atoms with Crippen molar-refractivity contribution in [1.82, 2.24) is 9.78 Å². The van der Waals surface area contributed by atoms with E-state index in [2.05, 4.69) is 10.4 Å². The van der Waals surface area contributed by atoms with Crippen molar-refractivity contribution < 1.29 is 14.3 Å². The van der Waals surface area contributed by atoms with Crippen LogP contribution in [0.5, 0.6) is 5.75 Å². The molecule has 0 aliphatic carbocycles. The number of amides is 1. The highest BCUT2D eigenvalue weighted by Crippen LogP contribution is 2.27. The summed E-state index contributed by atoms with van der Waals surface area (Å²) in [6.45, 7) is 5.51. The summed E-state index contributed by atoms with van der Waals surface area (Å²) in [6, 6.07) is 5.02. The van der Waals surface area contributed by atoms with E-state index in [1.54, 1.807) is 29.8 Å². The minimum atomic E-state index is -0.188. The fourth-order valence-electron chi connectivity index (χ4n) is 2.62. The molecule has 2 rings (SSSR count). The lowest BCUT2D eigenvalue weighted by Crippen LogP contribution is -2.16. The highest BCUT2D eigenvalue weighted by atomic mass is 35.5. The Hall–Kier alpha value is -2.34. The number of aryl methyl sites for hydroxylation is 2. The van der Waals surface area contributed by atoms with E-state index >= 15 is 0 Å². The predicted octanol–water partition coefficient (Wildman–Crippen LogP) is 3.39. The van der Waals surface area contributed by atoms with Gasteiger partial charge in [0.2, 0.25) is 5.91 Å². The van der Waals surface area contributed by atoms with Crippen LogP contribution in [-0.2, 0) is 11.3 Å². The zero-order valence-corrected chi connectivity index (χ0v) is 14.9. The topological polar surface area (TPSA) is 73.2 Å². The average molecular weight is 350 g/mol. The van der Waals surface area contributed by atoms with Crippen LogP contribution in [0.1, 0.15) is 35.1 Å². The lowest BCUT2D eigenvalue weighted by Gasteiger charge is -2.11. The van der Waals surface area contributed by atoms with Crippen molar-refractivity contribution in [3.05, 3.63) is 40.2 Å². The van der Waals surface area contributed by atoms with Gasteiger partial charge in [0.1, 0.15) is 5.75 Å². The lowest BCUT2D eigenvalue weighted by atomic mass is 10.1. The Labute approximate surface area is 145 Å². The molecule has 0 fully saturated rings. The van der Waals surface area contributed by atoms with Crippen molar-refractivity contribution in [3.8, 4) is 5.75 Å². The zero-order valence-electron chi connectivity index (χ0n) is 14.1. The third-order valence-electron chi connectivity index (χ3n) is 3.72. The van der Waals surface area contributed by atoms with Gasteiger partial charge in [0.05, 0.1) is 24.1 Å². The van der Waals surface area contributed by atoms with Gasteiger partial charge < -0.3 is 10.1 Å². The van der Waals surface area contributed by atoms with Gasteiger partial charge in [0.15, 0.2) is 5.78 Å². The van der Waals surface area contributed by atoms with E-state index in [4.69, 9.17) is 16.3 Å². The van der Waals surface area contributed by atoms with Crippen LogP contribution in [0.3, 0.4) is 0 Å². The van der Waals surface area contributed by atoms with Crippen LogP contribution in [0.15, 0.2) is 18.2 Å². The molecule has 0 bridgehead atoms. The fraction of sp³-hybridized carbons (Fsp3) is 0.353. The van der Waals surface area contributed by atoms with Gasteiger partial charge in [-0.3, -0.25) is 14.3 Å². The number of Topliss-reactive ketones (excluding diaryl/α,β-unsaturated/α-hetero) is 1. The summed E-state index contributed by atoms with van der Waals surface area (Å²) in [7, 11) is 1.53. The molecule has 0 saturated heterocycles. The highest BCUT2D eigenvalue weighted by Gasteiger charge is 2.16. The Kier molecular flexibility index (Phi) is 5.62. The molecule has 2 aromatic rings. The van der Waals surface area contributed by atoms with Crippen LogP contribution in [0, 0.1) is 13.8 Å². The van der Waals surface area contributed by atoms with Crippen LogP contribution in [-0.4, -0.2) is 28.6 Å². The fourth-order valence-corrected chi connectivity index (χ4v) is 2.79. The number of nitrogens with zero attached hydrogens (tertiary/aromatic N) is 2. The Morgan fingerprint density at radius 3 is 2.62 bits per heavy atom. The number of methoxy groups -OCH3 is 1.